The maximum absolute atomic E-state index is 13.6. The number of carbonyl (C=O) groups is 1. The summed E-state index contributed by atoms with van der Waals surface area (Å²) in [4.78, 5) is 13.6. The normalized spacial score (nSPS) is 28.0. The molecule has 0 bridgehead atoms. The van der Waals surface area contributed by atoms with E-state index in [1.165, 1.54) is 0 Å². The number of aliphatic hydroxyl groups is 2. The van der Waals surface area contributed by atoms with Crippen molar-refractivity contribution in [2.45, 2.75) is 75.0 Å². The third-order valence-corrected chi connectivity index (χ3v) is 9.50. The number of rotatable bonds is 6. The van der Waals surface area contributed by atoms with Crippen LogP contribution in [0.4, 0.5) is 0 Å². The van der Waals surface area contributed by atoms with Crippen LogP contribution in [0.3, 0.4) is 0 Å². The second-order valence-corrected chi connectivity index (χ2v) is 11.9. The third-order valence-electron chi connectivity index (χ3n) is 9.50. The van der Waals surface area contributed by atoms with Crippen LogP contribution >= 0.6 is 0 Å². The Kier molecular flexibility index (Phi) is 6.65. The number of aliphatic hydroxyl groups excluding tert-OH is 2. The number of hydrogen-bond donors (Lipinski definition) is 2. The van der Waals surface area contributed by atoms with Crippen molar-refractivity contribution >= 4 is 16.6 Å². The molecule has 5 unspecified atom stereocenters. The Morgan fingerprint density at radius 2 is 1.64 bits per heavy atom. The van der Waals surface area contributed by atoms with E-state index in [-0.39, 0.29) is 19.2 Å². The summed E-state index contributed by atoms with van der Waals surface area (Å²) in [6.45, 7) is -0.205. The van der Waals surface area contributed by atoms with Crippen LogP contribution in [0.5, 0.6) is 28.7 Å². The summed E-state index contributed by atoms with van der Waals surface area (Å²) in [6.07, 6.45) is -0.434. The number of benzene rings is 3. The summed E-state index contributed by atoms with van der Waals surface area (Å²) in [7, 11) is 3.11. The van der Waals surface area contributed by atoms with Gasteiger partial charge in [0.2, 0.25) is 13.1 Å². The van der Waals surface area contributed by atoms with Crippen molar-refractivity contribution in [1.82, 2.24) is 0 Å². The molecular formula is C33H34O11. The highest BCUT2D eigenvalue weighted by molar-refractivity contribution is 6.16. The Morgan fingerprint density at radius 3 is 2.39 bits per heavy atom. The fourth-order valence-corrected chi connectivity index (χ4v) is 7.44. The van der Waals surface area contributed by atoms with Crippen LogP contribution in [0, 0.1) is 0 Å². The fraction of sp³-hybridized carbons (Fsp3) is 0.485. The van der Waals surface area contributed by atoms with Gasteiger partial charge in [-0.15, -0.1) is 0 Å². The molecule has 2 N–H and O–H groups in total. The summed E-state index contributed by atoms with van der Waals surface area (Å²) in [5.74, 6) is 1.78. The molecule has 5 atom stereocenters. The number of hydrogen-bond acceptors (Lipinski definition) is 11. The van der Waals surface area contributed by atoms with E-state index >= 15 is 0 Å². The molecular weight excluding hydrogens is 572 g/mol. The lowest BCUT2D eigenvalue weighted by Crippen LogP contribution is -2.58. The number of ketones is 1. The molecule has 3 aromatic carbocycles. The molecule has 3 aliphatic heterocycles. The van der Waals surface area contributed by atoms with E-state index < -0.39 is 36.5 Å². The van der Waals surface area contributed by atoms with Gasteiger partial charge < -0.3 is 48.1 Å². The van der Waals surface area contributed by atoms with Gasteiger partial charge in [-0.05, 0) is 54.5 Å². The monoisotopic (exact) mass is 606 g/mol. The number of ether oxygens (including phenoxy) is 8. The molecule has 1 spiro atoms. The standard InChI is InChI=1S/C33H34O11/c1-37-22-12-18-19(13-23(22)38-2)29(17-6-7-20(35)27(17)26(18)16-5-8-21-24(11-16)40-15-39-21)42-32-28(36)31-30(25(14-34)41-32)43-33(44-31)9-3-4-10-33/h5,8,11-13,25,28,30-32,34,36H,3-4,6-7,9-10,14-15H2,1-2H3. The van der Waals surface area contributed by atoms with Crippen molar-refractivity contribution in [2.75, 3.05) is 27.6 Å². The predicted molar refractivity (Wildman–Crippen MR) is 155 cm³/mol. The maximum atomic E-state index is 13.6. The van der Waals surface area contributed by atoms with Gasteiger partial charge in [0.05, 0.1) is 20.8 Å². The summed E-state index contributed by atoms with van der Waals surface area (Å²) in [6, 6.07) is 9.25. The first kappa shape index (κ1) is 27.9. The van der Waals surface area contributed by atoms with Gasteiger partial charge in [0, 0.05) is 41.3 Å². The minimum Gasteiger partial charge on any atom is -0.493 e. The van der Waals surface area contributed by atoms with Crippen LogP contribution in [0.25, 0.3) is 21.9 Å². The van der Waals surface area contributed by atoms with E-state index in [4.69, 9.17) is 37.9 Å². The summed E-state index contributed by atoms with van der Waals surface area (Å²) in [5.41, 5.74) is 2.74. The van der Waals surface area contributed by atoms with Gasteiger partial charge in [0.25, 0.3) is 0 Å². The van der Waals surface area contributed by atoms with Gasteiger partial charge in [0.15, 0.2) is 34.6 Å². The second kappa shape index (κ2) is 10.5. The first-order valence-electron chi connectivity index (χ1n) is 15.1. The number of carbonyl (C=O) groups excluding carboxylic acids is 1. The van der Waals surface area contributed by atoms with Gasteiger partial charge in [-0.1, -0.05) is 6.07 Å². The quantitative estimate of drug-likeness (QED) is 0.424. The van der Waals surface area contributed by atoms with Crippen LogP contribution < -0.4 is 23.7 Å². The number of Topliss-reactive ketones (excluding diaryl/α,β-unsaturated/α-hetero) is 1. The van der Waals surface area contributed by atoms with Crippen molar-refractivity contribution in [3.63, 3.8) is 0 Å². The predicted octanol–water partition coefficient (Wildman–Crippen LogP) is 3.89. The smallest absolute Gasteiger partial charge is 0.231 e. The molecule has 5 aliphatic rings. The average molecular weight is 607 g/mol. The molecule has 2 aliphatic carbocycles. The van der Waals surface area contributed by atoms with Crippen LogP contribution in [-0.4, -0.2) is 80.1 Å². The molecule has 232 valence electrons. The summed E-state index contributed by atoms with van der Waals surface area (Å²) in [5, 5.41) is 23.2. The SMILES string of the molecule is COc1cc2c(OC3OC(CO)C4OC5(CCCC5)OC4C3O)c3c(c(-c4ccc5c(c4)OCO5)c2cc1OC)C(=O)CC3. The number of methoxy groups -OCH3 is 2. The van der Waals surface area contributed by atoms with Crippen LogP contribution in [0.2, 0.25) is 0 Å². The third kappa shape index (κ3) is 4.17. The lowest BCUT2D eigenvalue weighted by atomic mass is 9.89. The van der Waals surface area contributed by atoms with Crippen LogP contribution in [0.1, 0.15) is 48.0 Å². The zero-order valence-corrected chi connectivity index (χ0v) is 24.5. The van der Waals surface area contributed by atoms with Gasteiger partial charge in [-0.3, -0.25) is 4.79 Å². The van der Waals surface area contributed by atoms with Gasteiger partial charge in [-0.2, -0.15) is 0 Å². The van der Waals surface area contributed by atoms with E-state index in [1.807, 2.05) is 30.3 Å². The lowest BCUT2D eigenvalue weighted by Gasteiger charge is -2.39. The molecule has 1 saturated carbocycles. The molecule has 44 heavy (non-hydrogen) atoms. The van der Waals surface area contributed by atoms with E-state index in [2.05, 4.69) is 0 Å². The molecule has 0 aromatic heterocycles. The topological polar surface area (TPSA) is 131 Å². The van der Waals surface area contributed by atoms with E-state index in [9.17, 15) is 15.0 Å². The molecule has 3 heterocycles. The molecule has 11 heteroatoms. The van der Waals surface area contributed by atoms with Crippen molar-refractivity contribution in [2.24, 2.45) is 0 Å². The Hall–Kier alpha value is -3.61. The molecule has 3 fully saturated rings. The fourth-order valence-electron chi connectivity index (χ4n) is 7.44. The Morgan fingerprint density at radius 1 is 0.909 bits per heavy atom. The molecule has 11 nitrogen and oxygen atoms in total. The molecule has 0 radical (unpaired) electrons. The minimum absolute atomic E-state index is 0.0247. The van der Waals surface area contributed by atoms with Crippen molar-refractivity contribution in [3.05, 3.63) is 41.5 Å². The molecule has 3 aromatic rings. The highest BCUT2D eigenvalue weighted by Gasteiger charge is 2.59. The van der Waals surface area contributed by atoms with E-state index in [0.717, 1.165) is 36.8 Å². The Bertz CT molecular complexity index is 1640. The highest BCUT2D eigenvalue weighted by atomic mass is 16.8. The molecule has 2 saturated heterocycles. The highest BCUT2D eigenvalue weighted by Crippen LogP contribution is 2.51. The van der Waals surface area contributed by atoms with Crippen LogP contribution in [0.15, 0.2) is 30.3 Å². The van der Waals surface area contributed by atoms with Crippen molar-refractivity contribution < 1.29 is 52.9 Å². The van der Waals surface area contributed by atoms with Crippen LogP contribution in [-0.2, 0) is 20.6 Å². The lowest BCUT2D eigenvalue weighted by molar-refractivity contribution is -0.254. The van der Waals surface area contributed by atoms with Crippen molar-refractivity contribution in [1.29, 1.82) is 0 Å². The Balaban J connectivity index is 1.28. The minimum atomic E-state index is -1.21. The summed E-state index contributed by atoms with van der Waals surface area (Å²) < 4.78 is 47.9. The van der Waals surface area contributed by atoms with Gasteiger partial charge >= 0.3 is 0 Å². The first-order chi connectivity index (χ1) is 21.4. The zero-order chi connectivity index (χ0) is 30.2. The zero-order valence-electron chi connectivity index (χ0n) is 24.5. The first-order valence-corrected chi connectivity index (χ1v) is 15.1. The maximum Gasteiger partial charge on any atom is 0.231 e. The summed E-state index contributed by atoms with van der Waals surface area (Å²) >= 11 is 0. The Labute approximate surface area is 253 Å². The van der Waals surface area contributed by atoms with E-state index in [0.29, 0.717) is 63.5 Å². The largest absolute Gasteiger partial charge is 0.493 e. The molecule has 8 rings (SSSR count). The van der Waals surface area contributed by atoms with Crippen molar-refractivity contribution in [3.8, 4) is 39.9 Å². The van der Waals surface area contributed by atoms with E-state index in [1.54, 1.807) is 14.2 Å². The van der Waals surface area contributed by atoms with Gasteiger partial charge in [-0.25, -0.2) is 0 Å². The second-order valence-electron chi connectivity index (χ2n) is 11.9. The number of fused-ring (bicyclic) bond motifs is 4. The van der Waals surface area contributed by atoms with Gasteiger partial charge in [0.1, 0.15) is 30.2 Å². The average Bonchev–Trinajstić information content (AvgIpc) is 3.85. The molecule has 0 amide bonds.